The van der Waals surface area contributed by atoms with Crippen molar-refractivity contribution < 1.29 is 4.11 Å². The zero-order valence-electron chi connectivity index (χ0n) is 10.1. The van der Waals surface area contributed by atoms with Gasteiger partial charge in [0.25, 0.3) is 0 Å². The van der Waals surface area contributed by atoms with Crippen LogP contribution < -0.4 is 0 Å². The summed E-state index contributed by atoms with van der Waals surface area (Å²) in [4.78, 5) is 5.75. The molecule has 1 aromatic heterocycles. The molecule has 1 unspecified atom stereocenters. The first kappa shape index (κ1) is 6.11. The Morgan fingerprint density at radius 1 is 1.67 bits per heavy atom. The van der Waals surface area contributed by atoms with Gasteiger partial charge in [0.15, 0.2) is 0 Å². The molecule has 0 fully saturated rings. The van der Waals surface area contributed by atoms with Gasteiger partial charge in [-0.05, 0) is 33.1 Å². The van der Waals surface area contributed by atoms with Crippen molar-refractivity contribution in [3.05, 3.63) is 28.5 Å². The van der Waals surface area contributed by atoms with Gasteiger partial charge < -0.3 is 4.90 Å². The van der Waals surface area contributed by atoms with E-state index in [1.165, 1.54) is 0 Å². The second kappa shape index (κ2) is 4.01. The van der Waals surface area contributed by atoms with E-state index in [2.05, 4.69) is 20.9 Å². The summed E-state index contributed by atoms with van der Waals surface area (Å²) in [6, 6.07) is 2.84. The zero-order chi connectivity index (χ0) is 11.6. The highest BCUT2D eigenvalue weighted by molar-refractivity contribution is 9.10. The lowest BCUT2D eigenvalue weighted by molar-refractivity contribution is 0.315. The molecule has 12 heavy (non-hydrogen) atoms. The van der Waals surface area contributed by atoms with Crippen molar-refractivity contribution in [1.82, 2.24) is 9.88 Å². The fraction of sp³-hybridized carbons (Fsp3) is 0.444. The Balaban J connectivity index is 3.11. The summed E-state index contributed by atoms with van der Waals surface area (Å²) in [5.74, 6) is 0. The van der Waals surface area contributed by atoms with E-state index in [9.17, 15) is 0 Å². The molecule has 1 aromatic rings. The largest absolute Gasteiger partial charge is 0.301 e. The predicted molar refractivity (Wildman–Crippen MR) is 54.0 cm³/mol. The van der Waals surface area contributed by atoms with Crippen LogP contribution in [0.2, 0.25) is 0 Å². The Morgan fingerprint density at radius 3 is 2.92 bits per heavy atom. The van der Waals surface area contributed by atoms with E-state index >= 15 is 0 Å². The molecule has 0 aliphatic rings. The summed E-state index contributed by atoms with van der Waals surface area (Å²) in [7, 11) is 3.47. The maximum absolute atomic E-state index is 7.46. The minimum atomic E-state index is -2.07. The van der Waals surface area contributed by atoms with Crippen LogP contribution in [0, 0.1) is 0 Å². The Hall–Kier alpha value is -0.410. The average molecular weight is 232 g/mol. The van der Waals surface area contributed by atoms with E-state index in [1.807, 2.05) is 0 Å². The fourth-order valence-electron chi connectivity index (χ4n) is 0.835. The molecule has 66 valence electrons. The van der Waals surface area contributed by atoms with Crippen LogP contribution in [-0.4, -0.2) is 24.0 Å². The number of pyridine rings is 1. The van der Waals surface area contributed by atoms with E-state index in [4.69, 9.17) is 4.11 Å². The molecule has 2 nitrogen and oxygen atoms in total. The molecule has 1 rings (SSSR count). The van der Waals surface area contributed by atoms with Gasteiger partial charge in [-0.15, -0.1) is 0 Å². The molecule has 0 aliphatic heterocycles. The predicted octanol–water partition coefficient (Wildman–Crippen LogP) is 2.47. The Morgan fingerprint density at radius 2 is 2.42 bits per heavy atom. The third-order valence-corrected chi connectivity index (χ3v) is 2.03. The lowest BCUT2D eigenvalue weighted by Crippen LogP contribution is -2.17. The summed E-state index contributed by atoms with van der Waals surface area (Å²) in [6.07, 6.45) is 1.60. The third-order valence-electron chi connectivity index (χ3n) is 1.54. The normalized spacial score (nSPS) is 18.2. The molecule has 0 aromatic carbocycles. The Kier molecular flexibility index (Phi) is 2.04. The molecule has 0 aliphatic carbocycles. The van der Waals surface area contributed by atoms with Gasteiger partial charge in [-0.25, -0.2) is 0 Å². The first-order chi connectivity index (χ1) is 6.82. The zero-order valence-corrected chi connectivity index (χ0v) is 8.67. The second-order valence-corrected chi connectivity index (χ2v) is 3.68. The molecular weight excluding hydrogens is 216 g/mol. The highest BCUT2D eigenvalue weighted by Gasteiger charge is 2.08. The van der Waals surface area contributed by atoms with Gasteiger partial charge >= 0.3 is 0 Å². The second-order valence-electron chi connectivity index (χ2n) is 2.77. The topological polar surface area (TPSA) is 16.1 Å². The summed E-state index contributed by atoms with van der Waals surface area (Å²) in [5.41, 5.74) is 0.550. The maximum atomic E-state index is 7.46. The maximum Gasteiger partial charge on any atom is 0.0583 e. The van der Waals surface area contributed by atoms with Crippen molar-refractivity contribution in [2.24, 2.45) is 0 Å². The van der Waals surface area contributed by atoms with Crippen molar-refractivity contribution in [1.29, 1.82) is 0 Å². The number of halogens is 1. The standard InChI is InChI=1S/C9H13BrN2/c1-7(12(2)3)9-6-8(10)4-5-11-9/h4-7H,1-3H3/i1D3. The molecule has 0 N–H and O–H groups in total. The van der Waals surface area contributed by atoms with Crippen molar-refractivity contribution in [3.63, 3.8) is 0 Å². The molecule has 0 spiro atoms. The van der Waals surface area contributed by atoms with Crippen molar-refractivity contribution in [3.8, 4) is 0 Å². The summed E-state index contributed by atoms with van der Waals surface area (Å²) in [5, 5.41) is 0. The van der Waals surface area contributed by atoms with E-state index in [-0.39, 0.29) is 0 Å². The molecule has 0 radical (unpaired) electrons. The van der Waals surface area contributed by atoms with Crippen LogP contribution in [0.15, 0.2) is 22.8 Å². The molecule has 0 bridgehead atoms. The van der Waals surface area contributed by atoms with Gasteiger partial charge in [-0.1, -0.05) is 15.9 Å². The van der Waals surface area contributed by atoms with Crippen LogP contribution in [0.5, 0.6) is 0 Å². The van der Waals surface area contributed by atoms with Crippen LogP contribution in [0.4, 0.5) is 0 Å². The van der Waals surface area contributed by atoms with Crippen LogP contribution in [0.1, 0.15) is 22.7 Å². The first-order valence-electron chi connectivity index (χ1n) is 5.10. The van der Waals surface area contributed by atoms with Gasteiger partial charge in [-0.3, -0.25) is 4.98 Å². The molecule has 0 saturated carbocycles. The van der Waals surface area contributed by atoms with Crippen molar-refractivity contribution >= 4 is 15.9 Å². The molecule has 1 heterocycles. The highest BCUT2D eigenvalue weighted by atomic mass is 79.9. The number of nitrogens with zero attached hydrogens (tertiary/aromatic N) is 2. The average Bonchev–Trinajstić information content (AvgIpc) is 1.99. The van der Waals surface area contributed by atoms with E-state index in [0.717, 1.165) is 4.47 Å². The monoisotopic (exact) mass is 231 g/mol. The molecule has 1 atom stereocenters. The van der Waals surface area contributed by atoms with Crippen LogP contribution in [-0.2, 0) is 0 Å². The van der Waals surface area contributed by atoms with Crippen LogP contribution in [0.25, 0.3) is 0 Å². The van der Waals surface area contributed by atoms with Crippen molar-refractivity contribution in [2.45, 2.75) is 12.9 Å². The van der Waals surface area contributed by atoms with E-state index in [0.29, 0.717) is 5.69 Å². The van der Waals surface area contributed by atoms with Gasteiger partial charge in [-0.2, -0.15) is 0 Å². The Labute approximate surface area is 86.0 Å². The number of hydrogen-bond donors (Lipinski definition) is 0. The molecule has 3 heteroatoms. The molecular formula is C9H13BrN2. The van der Waals surface area contributed by atoms with Gasteiger partial charge in [0.1, 0.15) is 0 Å². The highest BCUT2D eigenvalue weighted by Crippen LogP contribution is 2.18. The first-order valence-corrected chi connectivity index (χ1v) is 4.39. The van der Waals surface area contributed by atoms with E-state index < -0.39 is 12.9 Å². The van der Waals surface area contributed by atoms with Gasteiger partial charge in [0.2, 0.25) is 0 Å². The third kappa shape index (κ3) is 2.29. The van der Waals surface area contributed by atoms with Crippen molar-refractivity contribution in [2.75, 3.05) is 14.1 Å². The number of hydrogen-bond acceptors (Lipinski definition) is 2. The summed E-state index contributed by atoms with van der Waals surface area (Å²) in [6.45, 7) is -2.07. The van der Waals surface area contributed by atoms with Gasteiger partial charge in [0, 0.05) is 20.8 Å². The quantitative estimate of drug-likeness (QED) is 0.778. The summed E-state index contributed by atoms with van der Waals surface area (Å²) < 4.78 is 23.2. The lowest BCUT2D eigenvalue weighted by Gasteiger charge is -2.18. The minimum Gasteiger partial charge on any atom is -0.301 e. The fourth-order valence-corrected chi connectivity index (χ4v) is 1.19. The van der Waals surface area contributed by atoms with Crippen LogP contribution in [0.3, 0.4) is 0 Å². The number of aromatic nitrogens is 1. The molecule has 0 saturated heterocycles. The SMILES string of the molecule is [2H]C([2H])([2H])C(c1cc(Br)ccn1)N(C)C. The van der Waals surface area contributed by atoms with Crippen LogP contribution >= 0.6 is 15.9 Å². The summed E-state index contributed by atoms with van der Waals surface area (Å²) >= 11 is 3.30. The number of rotatable bonds is 2. The lowest BCUT2D eigenvalue weighted by atomic mass is 10.2. The molecule has 0 amide bonds. The van der Waals surface area contributed by atoms with E-state index in [1.54, 1.807) is 37.3 Å². The Bertz CT molecular complexity index is 338. The minimum absolute atomic E-state index is 0.550. The smallest absolute Gasteiger partial charge is 0.0583 e. The van der Waals surface area contributed by atoms with Gasteiger partial charge in [0.05, 0.1) is 5.69 Å².